The number of allylic oxidation sites excluding steroid dienone is 3. The van der Waals surface area contributed by atoms with Crippen LogP contribution in [-0.4, -0.2) is 47.0 Å². The number of likely N-dealkylation sites (tertiary alicyclic amines) is 1. The summed E-state index contributed by atoms with van der Waals surface area (Å²) in [5.41, 5.74) is 1.69. The van der Waals surface area contributed by atoms with Crippen LogP contribution in [0.5, 0.6) is 0 Å². The van der Waals surface area contributed by atoms with Gasteiger partial charge in [-0.15, -0.1) is 0 Å². The Morgan fingerprint density at radius 3 is 2.33 bits per heavy atom. The maximum Gasteiger partial charge on any atom is 0.248 e. The standard InChI is InChI=1S/C17H27N3O4/c1-4-5-8-13(11-14(21)19-24)16(22)18-15(12(2)3)17(23)20-9-6-7-10-20/h4-5,8,12,15,24H,6-7,9-11H2,1-3H3,(H,18,22)(H,19,21)/b5-4+,13-8-/t15-/m1/s1. The predicted molar refractivity (Wildman–Crippen MR) is 90.0 cm³/mol. The van der Waals surface area contributed by atoms with Gasteiger partial charge in [0.15, 0.2) is 0 Å². The van der Waals surface area contributed by atoms with Crippen molar-refractivity contribution in [1.29, 1.82) is 0 Å². The van der Waals surface area contributed by atoms with Gasteiger partial charge in [0, 0.05) is 18.7 Å². The number of carbonyl (C=O) groups is 3. The maximum absolute atomic E-state index is 12.6. The molecule has 1 aliphatic rings. The third kappa shape index (κ3) is 5.81. The van der Waals surface area contributed by atoms with E-state index in [-0.39, 0.29) is 23.8 Å². The van der Waals surface area contributed by atoms with Crippen LogP contribution >= 0.6 is 0 Å². The van der Waals surface area contributed by atoms with Crippen LogP contribution in [0.15, 0.2) is 23.8 Å². The number of hydrogen-bond acceptors (Lipinski definition) is 4. The minimum atomic E-state index is -0.687. The molecule has 0 unspecified atom stereocenters. The topological polar surface area (TPSA) is 98.7 Å². The van der Waals surface area contributed by atoms with Gasteiger partial charge in [0.1, 0.15) is 6.04 Å². The summed E-state index contributed by atoms with van der Waals surface area (Å²) in [6, 6.07) is -0.637. The Hall–Kier alpha value is -2.15. The van der Waals surface area contributed by atoms with Gasteiger partial charge >= 0.3 is 0 Å². The van der Waals surface area contributed by atoms with Gasteiger partial charge < -0.3 is 10.2 Å². The zero-order valence-corrected chi connectivity index (χ0v) is 14.5. The van der Waals surface area contributed by atoms with E-state index >= 15 is 0 Å². The lowest BCUT2D eigenvalue weighted by Crippen LogP contribution is -2.51. The van der Waals surface area contributed by atoms with Gasteiger partial charge in [-0.25, -0.2) is 5.48 Å². The van der Waals surface area contributed by atoms with Crippen LogP contribution in [-0.2, 0) is 14.4 Å². The van der Waals surface area contributed by atoms with Crippen molar-refractivity contribution in [2.75, 3.05) is 13.1 Å². The van der Waals surface area contributed by atoms with E-state index in [0.717, 1.165) is 12.8 Å². The highest BCUT2D eigenvalue weighted by Gasteiger charge is 2.30. The zero-order chi connectivity index (χ0) is 18.1. The van der Waals surface area contributed by atoms with Gasteiger partial charge in [-0.2, -0.15) is 0 Å². The summed E-state index contributed by atoms with van der Waals surface area (Å²) in [4.78, 5) is 38.2. The molecule has 3 amide bonds. The summed E-state index contributed by atoms with van der Waals surface area (Å²) >= 11 is 0. The number of carbonyl (C=O) groups excluding carboxylic acids is 3. The van der Waals surface area contributed by atoms with Gasteiger partial charge in [-0.05, 0) is 25.7 Å². The normalized spacial score (nSPS) is 16.5. The fourth-order valence-corrected chi connectivity index (χ4v) is 2.52. The van der Waals surface area contributed by atoms with Gasteiger partial charge in [0.05, 0.1) is 6.42 Å². The van der Waals surface area contributed by atoms with Crippen molar-refractivity contribution in [3.8, 4) is 0 Å². The molecule has 0 aromatic heterocycles. The molecule has 1 aliphatic heterocycles. The van der Waals surface area contributed by atoms with Crippen molar-refractivity contribution >= 4 is 17.7 Å². The second-order valence-electron chi connectivity index (χ2n) is 6.16. The summed E-state index contributed by atoms with van der Waals surface area (Å²) in [6.45, 7) is 6.95. The molecule has 1 heterocycles. The van der Waals surface area contributed by atoms with Crippen LogP contribution in [0.1, 0.15) is 40.0 Å². The van der Waals surface area contributed by atoms with E-state index in [0.29, 0.717) is 13.1 Å². The van der Waals surface area contributed by atoms with Crippen molar-refractivity contribution in [3.05, 3.63) is 23.8 Å². The van der Waals surface area contributed by atoms with E-state index in [1.54, 1.807) is 24.0 Å². The molecule has 3 N–H and O–H groups in total. The molecule has 1 saturated heterocycles. The summed E-state index contributed by atoms with van der Waals surface area (Å²) in [5.74, 6) is -1.33. The Morgan fingerprint density at radius 2 is 1.83 bits per heavy atom. The van der Waals surface area contributed by atoms with Crippen molar-refractivity contribution < 1.29 is 19.6 Å². The SMILES string of the molecule is C/C=C/C=C(/CC(=O)NO)C(=O)N[C@@H](C(=O)N1CCCC1)C(C)C. The van der Waals surface area contributed by atoms with Crippen LogP contribution in [0.25, 0.3) is 0 Å². The Bertz CT molecular complexity index is 520. The predicted octanol–water partition coefficient (Wildman–Crippen LogP) is 1.15. The quantitative estimate of drug-likeness (QED) is 0.281. The van der Waals surface area contributed by atoms with Crippen LogP contribution in [0.3, 0.4) is 0 Å². The molecular weight excluding hydrogens is 310 g/mol. The third-order valence-electron chi connectivity index (χ3n) is 3.89. The summed E-state index contributed by atoms with van der Waals surface area (Å²) in [5, 5.41) is 11.4. The van der Waals surface area contributed by atoms with Crippen molar-refractivity contribution in [2.45, 2.75) is 46.1 Å². The molecular formula is C17H27N3O4. The molecule has 1 rings (SSSR count). The second-order valence-corrected chi connectivity index (χ2v) is 6.16. The Labute approximate surface area is 142 Å². The first-order valence-electron chi connectivity index (χ1n) is 8.25. The highest BCUT2D eigenvalue weighted by atomic mass is 16.5. The number of nitrogens with zero attached hydrogens (tertiary/aromatic N) is 1. The minimum absolute atomic E-state index is 0.0725. The summed E-state index contributed by atoms with van der Waals surface area (Å²) in [7, 11) is 0. The fraction of sp³-hybridized carbons (Fsp3) is 0.588. The molecule has 0 aromatic rings. The molecule has 0 spiro atoms. The van der Waals surface area contributed by atoms with Crippen molar-refractivity contribution in [3.63, 3.8) is 0 Å². The number of nitrogens with one attached hydrogen (secondary N) is 2. The van der Waals surface area contributed by atoms with Gasteiger partial charge in [-0.3, -0.25) is 19.6 Å². The van der Waals surface area contributed by atoms with Crippen LogP contribution in [0, 0.1) is 5.92 Å². The van der Waals surface area contributed by atoms with E-state index in [2.05, 4.69) is 5.32 Å². The zero-order valence-electron chi connectivity index (χ0n) is 14.5. The molecule has 0 saturated carbocycles. The lowest BCUT2D eigenvalue weighted by molar-refractivity contribution is -0.136. The number of amides is 3. The van der Waals surface area contributed by atoms with E-state index in [1.165, 1.54) is 11.6 Å². The van der Waals surface area contributed by atoms with Crippen LogP contribution < -0.4 is 10.8 Å². The largest absolute Gasteiger partial charge is 0.341 e. The third-order valence-corrected chi connectivity index (χ3v) is 3.89. The molecule has 7 heteroatoms. The van der Waals surface area contributed by atoms with Crippen molar-refractivity contribution in [2.24, 2.45) is 5.92 Å². The smallest absolute Gasteiger partial charge is 0.248 e. The average Bonchev–Trinajstić information content (AvgIpc) is 3.09. The molecule has 0 radical (unpaired) electrons. The number of rotatable bonds is 7. The molecule has 0 aliphatic carbocycles. The first-order chi connectivity index (χ1) is 11.4. The maximum atomic E-state index is 12.6. The lowest BCUT2D eigenvalue weighted by atomic mass is 10.0. The highest BCUT2D eigenvalue weighted by Crippen LogP contribution is 2.14. The first kappa shape index (κ1) is 19.9. The monoisotopic (exact) mass is 337 g/mol. The molecule has 0 aromatic carbocycles. The Kier molecular flexibility index (Phi) is 8.18. The highest BCUT2D eigenvalue weighted by molar-refractivity contribution is 6.01. The summed E-state index contributed by atoms with van der Waals surface area (Å²) in [6.07, 6.45) is 6.55. The molecule has 134 valence electrons. The fourth-order valence-electron chi connectivity index (χ4n) is 2.52. The van der Waals surface area contributed by atoms with Crippen LogP contribution in [0.2, 0.25) is 0 Å². The van der Waals surface area contributed by atoms with E-state index < -0.39 is 17.9 Å². The second kappa shape index (κ2) is 9.87. The van der Waals surface area contributed by atoms with E-state index in [9.17, 15) is 14.4 Å². The van der Waals surface area contributed by atoms with Crippen molar-refractivity contribution in [1.82, 2.24) is 15.7 Å². The number of hydrogen-bond donors (Lipinski definition) is 3. The molecule has 24 heavy (non-hydrogen) atoms. The Balaban J connectivity index is 2.87. The Morgan fingerprint density at radius 1 is 1.21 bits per heavy atom. The first-order valence-corrected chi connectivity index (χ1v) is 8.25. The van der Waals surface area contributed by atoms with Gasteiger partial charge in [-0.1, -0.05) is 32.1 Å². The molecule has 1 atom stereocenters. The molecule has 7 nitrogen and oxygen atoms in total. The van der Waals surface area contributed by atoms with E-state index in [4.69, 9.17) is 5.21 Å². The van der Waals surface area contributed by atoms with Crippen LogP contribution in [0.4, 0.5) is 0 Å². The minimum Gasteiger partial charge on any atom is -0.341 e. The summed E-state index contributed by atoms with van der Waals surface area (Å²) < 4.78 is 0. The van der Waals surface area contributed by atoms with E-state index in [1.807, 2.05) is 13.8 Å². The van der Waals surface area contributed by atoms with Gasteiger partial charge in [0.2, 0.25) is 17.7 Å². The van der Waals surface area contributed by atoms with Gasteiger partial charge in [0.25, 0.3) is 0 Å². The molecule has 1 fully saturated rings. The number of hydroxylamine groups is 1. The lowest BCUT2D eigenvalue weighted by Gasteiger charge is -2.27. The average molecular weight is 337 g/mol. The molecule has 0 bridgehead atoms.